The number of nitrogens with two attached hydrogens (primary N) is 1. The highest BCUT2D eigenvalue weighted by Gasteiger charge is 2.33. The van der Waals surface area contributed by atoms with Gasteiger partial charge in [0.05, 0.1) is 10.9 Å². The zero-order valence-electron chi connectivity index (χ0n) is 7.50. The molecule has 4 nitrogen and oxygen atoms in total. The number of likely N-dealkylation sites (N-methyl/N-ethyl adjacent to an activating group) is 1. The molecule has 1 aromatic rings. The molecule has 1 unspecified atom stereocenters. The van der Waals surface area contributed by atoms with Crippen molar-refractivity contribution in [2.24, 2.45) is 5.73 Å². The number of hydrogen-bond acceptors (Lipinski definition) is 4. The van der Waals surface area contributed by atoms with Crippen molar-refractivity contribution in [2.75, 3.05) is 13.6 Å². The minimum Gasteiger partial charge on any atom is -0.322 e. The Morgan fingerprint density at radius 3 is 2.93 bits per heavy atom. The van der Waals surface area contributed by atoms with Crippen LogP contribution in [0, 0.1) is 0 Å². The molecule has 7 heteroatoms. The summed E-state index contributed by atoms with van der Waals surface area (Å²) in [7, 11) is -1.70. The number of thiophene rings is 1. The van der Waals surface area contributed by atoms with E-state index in [-0.39, 0.29) is 18.4 Å². The standard InChI is InChI=1S/C7H10N2O2S2.ClH/c1-9-4-5(8)7-6(2-3-12-7)13(9,10)11;/h2-3,5H,4,8H2,1H3;1H. The van der Waals surface area contributed by atoms with Crippen molar-refractivity contribution in [1.82, 2.24) is 4.31 Å². The van der Waals surface area contributed by atoms with Gasteiger partial charge in [0.2, 0.25) is 10.0 Å². The number of fused-ring (bicyclic) bond motifs is 1. The third-order valence-corrected chi connectivity index (χ3v) is 5.20. The van der Waals surface area contributed by atoms with Crippen LogP contribution < -0.4 is 5.73 Å². The average Bonchev–Trinajstić information content (AvgIpc) is 2.49. The van der Waals surface area contributed by atoms with Gasteiger partial charge in [-0.15, -0.1) is 23.7 Å². The van der Waals surface area contributed by atoms with E-state index in [9.17, 15) is 8.42 Å². The molecule has 0 aliphatic carbocycles. The molecule has 0 spiro atoms. The van der Waals surface area contributed by atoms with Gasteiger partial charge in [-0.05, 0) is 11.4 Å². The van der Waals surface area contributed by atoms with Gasteiger partial charge in [0.15, 0.2) is 0 Å². The minimum atomic E-state index is -3.25. The molecule has 14 heavy (non-hydrogen) atoms. The van der Waals surface area contributed by atoms with Crippen LogP contribution in [0.4, 0.5) is 0 Å². The summed E-state index contributed by atoms with van der Waals surface area (Å²) in [4.78, 5) is 1.15. The molecule has 80 valence electrons. The normalized spacial score (nSPS) is 25.1. The van der Waals surface area contributed by atoms with Crippen LogP contribution in [0.25, 0.3) is 0 Å². The first-order valence-electron chi connectivity index (χ1n) is 3.83. The maximum absolute atomic E-state index is 11.7. The smallest absolute Gasteiger partial charge is 0.244 e. The monoisotopic (exact) mass is 254 g/mol. The third-order valence-electron chi connectivity index (χ3n) is 2.14. The number of rotatable bonds is 0. The van der Waals surface area contributed by atoms with Gasteiger partial charge < -0.3 is 5.73 Å². The summed E-state index contributed by atoms with van der Waals surface area (Å²) >= 11 is 1.41. The maximum Gasteiger partial charge on any atom is 0.244 e. The molecule has 0 saturated heterocycles. The fourth-order valence-corrected chi connectivity index (χ4v) is 4.09. The number of halogens is 1. The fourth-order valence-electron chi connectivity index (χ4n) is 1.42. The van der Waals surface area contributed by atoms with Gasteiger partial charge in [-0.2, -0.15) is 4.31 Å². The summed E-state index contributed by atoms with van der Waals surface area (Å²) in [6.45, 7) is 0.371. The van der Waals surface area contributed by atoms with Gasteiger partial charge in [0.25, 0.3) is 0 Å². The second-order valence-electron chi connectivity index (χ2n) is 3.04. The summed E-state index contributed by atoms with van der Waals surface area (Å²) in [5, 5.41) is 1.77. The zero-order chi connectivity index (χ0) is 9.64. The van der Waals surface area contributed by atoms with E-state index in [0.29, 0.717) is 11.4 Å². The quantitative estimate of drug-likeness (QED) is 0.745. The maximum atomic E-state index is 11.7. The van der Waals surface area contributed by atoms with Crippen LogP contribution in [0.15, 0.2) is 16.3 Å². The molecule has 0 saturated carbocycles. The highest BCUT2D eigenvalue weighted by Crippen LogP contribution is 2.33. The van der Waals surface area contributed by atoms with Gasteiger partial charge in [-0.1, -0.05) is 0 Å². The van der Waals surface area contributed by atoms with Gasteiger partial charge in [0, 0.05) is 18.5 Å². The highest BCUT2D eigenvalue weighted by molar-refractivity contribution is 7.89. The Morgan fingerprint density at radius 1 is 1.64 bits per heavy atom. The van der Waals surface area contributed by atoms with Crippen molar-refractivity contribution < 1.29 is 8.42 Å². The first-order valence-corrected chi connectivity index (χ1v) is 6.15. The highest BCUT2D eigenvalue weighted by atomic mass is 35.5. The Labute approximate surface area is 93.2 Å². The summed E-state index contributed by atoms with van der Waals surface area (Å²) in [5.74, 6) is 0. The van der Waals surface area contributed by atoms with Crippen molar-refractivity contribution in [2.45, 2.75) is 10.9 Å². The van der Waals surface area contributed by atoms with E-state index in [0.717, 1.165) is 4.88 Å². The first-order chi connectivity index (χ1) is 6.03. The lowest BCUT2D eigenvalue weighted by Crippen LogP contribution is -2.38. The lowest BCUT2D eigenvalue weighted by molar-refractivity contribution is 0.424. The molecule has 2 heterocycles. The zero-order valence-corrected chi connectivity index (χ0v) is 9.95. The first kappa shape index (κ1) is 11.9. The van der Waals surface area contributed by atoms with E-state index >= 15 is 0 Å². The Balaban J connectivity index is 0.000000980. The van der Waals surface area contributed by atoms with E-state index in [4.69, 9.17) is 5.73 Å². The van der Waals surface area contributed by atoms with E-state index in [1.54, 1.807) is 18.5 Å². The molecule has 0 bridgehead atoms. The van der Waals surface area contributed by atoms with Crippen LogP contribution in [-0.2, 0) is 10.0 Å². The van der Waals surface area contributed by atoms with E-state index in [1.165, 1.54) is 15.6 Å². The van der Waals surface area contributed by atoms with Gasteiger partial charge >= 0.3 is 0 Å². The lowest BCUT2D eigenvalue weighted by atomic mass is 10.2. The predicted octanol–water partition coefficient (Wildman–Crippen LogP) is 0.804. The molecule has 1 aromatic heterocycles. The number of hydrogen-bond donors (Lipinski definition) is 1. The third kappa shape index (κ3) is 1.57. The van der Waals surface area contributed by atoms with Crippen LogP contribution in [0.1, 0.15) is 10.9 Å². The van der Waals surface area contributed by atoms with Crippen molar-refractivity contribution in [3.8, 4) is 0 Å². The number of sulfonamides is 1. The number of nitrogens with zero attached hydrogens (tertiary/aromatic N) is 1. The molecule has 2 rings (SSSR count). The Hall–Kier alpha value is -0.140. The molecule has 1 atom stereocenters. The van der Waals surface area contributed by atoms with Crippen LogP contribution in [-0.4, -0.2) is 26.3 Å². The summed E-state index contributed by atoms with van der Waals surface area (Å²) in [6, 6.07) is 1.44. The van der Waals surface area contributed by atoms with Crippen LogP contribution >= 0.6 is 23.7 Å². The fraction of sp³-hybridized carbons (Fsp3) is 0.429. The molecule has 0 radical (unpaired) electrons. The van der Waals surface area contributed by atoms with Crippen molar-refractivity contribution in [3.63, 3.8) is 0 Å². The van der Waals surface area contributed by atoms with Crippen molar-refractivity contribution in [1.29, 1.82) is 0 Å². The van der Waals surface area contributed by atoms with Crippen molar-refractivity contribution in [3.05, 3.63) is 16.3 Å². The minimum absolute atomic E-state index is 0. The molecule has 0 fully saturated rings. The molecular formula is C7H11ClN2O2S2. The second kappa shape index (κ2) is 3.79. The lowest BCUT2D eigenvalue weighted by Gasteiger charge is -2.26. The van der Waals surface area contributed by atoms with Crippen LogP contribution in [0.2, 0.25) is 0 Å². The molecular weight excluding hydrogens is 244 g/mol. The Kier molecular flexibility index (Phi) is 3.23. The SMILES string of the molecule is CN1CC(N)c2sccc2S1(=O)=O.Cl. The van der Waals surface area contributed by atoms with E-state index in [2.05, 4.69) is 0 Å². The van der Waals surface area contributed by atoms with Gasteiger partial charge in [-0.25, -0.2) is 8.42 Å². The predicted molar refractivity (Wildman–Crippen MR) is 58.3 cm³/mol. The van der Waals surface area contributed by atoms with Crippen LogP contribution in [0.5, 0.6) is 0 Å². The van der Waals surface area contributed by atoms with Gasteiger partial charge in [-0.3, -0.25) is 0 Å². The molecule has 2 N–H and O–H groups in total. The van der Waals surface area contributed by atoms with E-state index in [1.807, 2.05) is 0 Å². The largest absolute Gasteiger partial charge is 0.322 e. The van der Waals surface area contributed by atoms with Crippen LogP contribution in [0.3, 0.4) is 0 Å². The van der Waals surface area contributed by atoms with E-state index < -0.39 is 10.0 Å². The summed E-state index contributed by atoms with van der Waals surface area (Å²) in [5.41, 5.74) is 5.81. The Morgan fingerprint density at radius 2 is 2.29 bits per heavy atom. The molecule has 0 aromatic carbocycles. The second-order valence-corrected chi connectivity index (χ2v) is 6.00. The molecule has 1 aliphatic rings. The average molecular weight is 255 g/mol. The summed E-state index contributed by atoms with van der Waals surface area (Å²) in [6.07, 6.45) is 0. The van der Waals surface area contributed by atoms with Crippen molar-refractivity contribution >= 4 is 33.8 Å². The Bertz CT molecular complexity index is 429. The van der Waals surface area contributed by atoms with Gasteiger partial charge in [0.1, 0.15) is 0 Å². The molecule has 1 aliphatic heterocycles. The topological polar surface area (TPSA) is 63.4 Å². The molecule has 0 amide bonds. The summed E-state index contributed by atoms with van der Waals surface area (Å²) < 4.78 is 24.7.